The van der Waals surface area contributed by atoms with Crippen molar-refractivity contribution in [2.45, 2.75) is 24.7 Å². The van der Waals surface area contributed by atoms with E-state index in [0.717, 1.165) is 25.8 Å². The van der Waals surface area contributed by atoms with Crippen molar-refractivity contribution in [1.29, 1.82) is 0 Å². The van der Waals surface area contributed by atoms with Crippen molar-refractivity contribution < 1.29 is 0 Å². The Labute approximate surface area is 197 Å². The number of fused-ring (bicyclic) bond motifs is 2. The third-order valence-electron chi connectivity index (χ3n) is 7.70. The molecule has 3 aliphatic rings. The highest BCUT2D eigenvalue weighted by atomic mass is 15.1. The van der Waals surface area contributed by atoms with Gasteiger partial charge in [0.15, 0.2) is 0 Å². The summed E-state index contributed by atoms with van der Waals surface area (Å²) in [4.78, 5) is 2.47. The fraction of sp³-hybridized carbons (Fsp3) is 0.188. The fourth-order valence-electron chi connectivity index (χ4n) is 6.27. The number of allylic oxidation sites excluding steroid dienone is 6. The molecule has 3 aromatic carbocycles. The molecule has 0 aromatic heterocycles. The number of rotatable bonds is 2. The van der Waals surface area contributed by atoms with Crippen LogP contribution in [0.4, 0.5) is 0 Å². The van der Waals surface area contributed by atoms with Crippen LogP contribution in [-0.4, -0.2) is 18.5 Å². The van der Waals surface area contributed by atoms with Gasteiger partial charge in [-0.15, -0.1) is 0 Å². The summed E-state index contributed by atoms with van der Waals surface area (Å²) in [6.07, 6.45) is 7.82. The van der Waals surface area contributed by atoms with E-state index in [0.29, 0.717) is 0 Å². The second-order valence-corrected chi connectivity index (χ2v) is 9.33. The van der Waals surface area contributed by atoms with Gasteiger partial charge in [0.25, 0.3) is 0 Å². The number of benzene rings is 3. The SMILES string of the molecule is C=C1C2=C(CCC=C2)N(C)CCC2=C1c1ccccc1C2(c1ccccc1)c1ccccc1. The Kier molecular flexibility index (Phi) is 4.73. The van der Waals surface area contributed by atoms with E-state index in [1.165, 1.54) is 50.2 Å². The van der Waals surface area contributed by atoms with Gasteiger partial charge in [-0.2, -0.15) is 0 Å². The summed E-state index contributed by atoms with van der Waals surface area (Å²) in [5.41, 5.74) is 11.8. The molecule has 33 heavy (non-hydrogen) atoms. The van der Waals surface area contributed by atoms with Gasteiger partial charge in [0.1, 0.15) is 0 Å². The standard InChI is InChI=1S/C32H29N/c1-23-26-17-10-12-20-30(26)33(2)22-21-29-31(23)27-18-9-11-19-28(27)32(29,24-13-5-3-6-14-24)25-15-7-4-8-16-25/h3-11,13-19H,1,12,20-22H2,2H3. The molecule has 0 N–H and O–H groups in total. The van der Waals surface area contributed by atoms with Crippen LogP contribution in [0.3, 0.4) is 0 Å². The maximum Gasteiger partial charge on any atom is 0.0677 e. The van der Waals surface area contributed by atoms with Gasteiger partial charge < -0.3 is 4.90 Å². The Morgan fingerprint density at radius 1 is 0.788 bits per heavy atom. The lowest BCUT2D eigenvalue weighted by Crippen LogP contribution is -2.32. The van der Waals surface area contributed by atoms with E-state index in [-0.39, 0.29) is 5.41 Å². The van der Waals surface area contributed by atoms with Crippen LogP contribution in [0.25, 0.3) is 5.57 Å². The van der Waals surface area contributed by atoms with Gasteiger partial charge >= 0.3 is 0 Å². The molecular weight excluding hydrogens is 398 g/mol. The predicted molar refractivity (Wildman–Crippen MR) is 138 cm³/mol. The number of hydrogen-bond donors (Lipinski definition) is 0. The molecule has 162 valence electrons. The van der Waals surface area contributed by atoms with Gasteiger partial charge in [0, 0.05) is 24.9 Å². The molecule has 0 atom stereocenters. The molecule has 0 spiro atoms. The fourth-order valence-corrected chi connectivity index (χ4v) is 6.27. The van der Waals surface area contributed by atoms with Crippen LogP contribution in [0, 0.1) is 0 Å². The molecule has 1 aliphatic heterocycles. The van der Waals surface area contributed by atoms with Crippen molar-refractivity contribution >= 4 is 5.57 Å². The van der Waals surface area contributed by atoms with E-state index in [2.05, 4.69) is 109 Å². The first-order chi connectivity index (χ1) is 16.2. The molecule has 0 bridgehead atoms. The quantitative estimate of drug-likeness (QED) is 0.415. The average molecular weight is 428 g/mol. The van der Waals surface area contributed by atoms with E-state index < -0.39 is 0 Å². The summed E-state index contributed by atoms with van der Waals surface area (Å²) in [6.45, 7) is 5.74. The van der Waals surface area contributed by atoms with E-state index in [4.69, 9.17) is 6.58 Å². The molecule has 3 aromatic rings. The van der Waals surface area contributed by atoms with Crippen LogP contribution < -0.4 is 0 Å². The zero-order chi connectivity index (χ0) is 22.4. The third kappa shape index (κ3) is 2.85. The number of nitrogens with zero attached hydrogens (tertiary/aromatic N) is 1. The molecule has 6 rings (SSSR count). The molecule has 0 fully saturated rings. The minimum absolute atomic E-state index is 0.311. The first kappa shape index (κ1) is 20.1. The van der Waals surface area contributed by atoms with Crippen molar-refractivity contribution in [3.63, 3.8) is 0 Å². The lowest BCUT2D eigenvalue weighted by Gasteiger charge is -2.38. The lowest BCUT2D eigenvalue weighted by atomic mass is 9.66. The van der Waals surface area contributed by atoms with Crippen LogP contribution in [0.2, 0.25) is 0 Å². The summed E-state index contributed by atoms with van der Waals surface area (Å²) in [7, 11) is 2.25. The van der Waals surface area contributed by atoms with Crippen LogP contribution in [0.15, 0.2) is 126 Å². The first-order valence-electron chi connectivity index (χ1n) is 12.0. The van der Waals surface area contributed by atoms with Crippen LogP contribution in [0.5, 0.6) is 0 Å². The molecule has 1 heterocycles. The Morgan fingerprint density at radius 3 is 2.12 bits per heavy atom. The zero-order valence-corrected chi connectivity index (χ0v) is 19.2. The van der Waals surface area contributed by atoms with Gasteiger partial charge in [-0.05, 0) is 58.2 Å². The zero-order valence-electron chi connectivity index (χ0n) is 19.2. The molecular formula is C32H29N. The molecule has 0 saturated heterocycles. The molecule has 1 heteroatoms. The summed E-state index contributed by atoms with van der Waals surface area (Å²) in [5, 5.41) is 0. The molecule has 0 radical (unpaired) electrons. The van der Waals surface area contributed by atoms with Crippen molar-refractivity contribution in [2.75, 3.05) is 13.6 Å². The smallest absolute Gasteiger partial charge is 0.0677 e. The van der Waals surface area contributed by atoms with Crippen molar-refractivity contribution in [1.82, 2.24) is 4.90 Å². The Morgan fingerprint density at radius 2 is 1.42 bits per heavy atom. The summed E-state index contributed by atoms with van der Waals surface area (Å²) in [5.74, 6) is 0. The summed E-state index contributed by atoms with van der Waals surface area (Å²) < 4.78 is 0. The Balaban J connectivity index is 1.73. The normalized spacial score (nSPS) is 19.1. The van der Waals surface area contributed by atoms with E-state index in [1.54, 1.807) is 0 Å². The van der Waals surface area contributed by atoms with E-state index >= 15 is 0 Å². The highest BCUT2D eigenvalue weighted by Crippen LogP contribution is 2.58. The topological polar surface area (TPSA) is 3.24 Å². The molecule has 0 unspecified atom stereocenters. The van der Waals surface area contributed by atoms with Crippen LogP contribution >= 0.6 is 0 Å². The van der Waals surface area contributed by atoms with Gasteiger partial charge in [-0.3, -0.25) is 0 Å². The molecule has 2 aliphatic carbocycles. The first-order valence-corrected chi connectivity index (χ1v) is 12.0. The molecule has 0 amide bonds. The minimum Gasteiger partial charge on any atom is -0.377 e. The van der Waals surface area contributed by atoms with E-state index in [9.17, 15) is 0 Å². The van der Waals surface area contributed by atoms with Crippen molar-refractivity contribution in [3.05, 3.63) is 148 Å². The highest BCUT2D eigenvalue weighted by molar-refractivity contribution is 5.96. The molecule has 0 saturated carbocycles. The highest BCUT2D eigenvalue weighted by Gasteiger charge is 2.48. The maximum absolute atomic E-state index is 4.74. The summed E-state index contributed by atoms with van der Waals surface area (Å²) >= 11 is 0. The predicted octanol–water partition coefficient (Wildman–Crippen LogP) is 7.28. The van der Waals surface area contributed by atoms with Crippen LogP contribution in [0.1, 0.15) is 41.5 Å². The largest absolute Gasteiger partial charge is 0.377 e. The monoisotopic (exact) mass is 427 g/mol. The van der Waals surface area contributed by atoms with Crippen molar-refractivity contribution in [3.8, 4) is 0 Å². The average Bonchev–Trinajstić information content (AvgIpc) is 3.18. The van der Waals surface area contributed by atoms with Crippen LogP contribution in [-0.2, 0) is 5.41 Å². The molecule has 1 nitrogen and oxygen atoms in total. The Bertz CT molecular complexity index is 1280. The third-order valence-corrected chi connectivity index (χ3v) is 7.70. The summed E-state index contributed by atoms with van der Waals surface area (Å²) in [6, 6.07) is 31.2. The Hall–Kier alpha value is -3.58. The van der Waals surface area contributed by atoms with Gasteiger partial charge in [-0.1, -0.05) is 104 Å². The van der Waals surface area contributed by atoms with Gasteiger partial charge in [-0.25, -0.2) is 0 Å². The maximum atomic E-state index is 4.74. The lowest BCUT2D eigenvalue weighted by molar-refractivity contribution is 0.394. The second kappa shape index (κ2) is 7.78. The minimum atomic E-state index is -0.311. The van der Waals surface area contributed by atoms with Gasteiger partial charge in [0.05, 0.1) is 5.41 Å². The van der Waals surface area contributed by atoms with E-state index in [1.807, 2.05) is 0 Å². The van der Waals surface area contributed by atoms with Gasteiger partial charge in [0.2, 0.25) is 0 Å². The van der Waals surface area contributed by atoms with Crippen molar-refractivity contribution in [2.24, 2.45) is 0 Å². The second-order valence-electron chi connectivity index (χ2n) is 9.33. The number of hydrogen-bond acceptors (Lipinski definition) is 1.